The van der Waals surface area contributed by atoms with Gasteiger partial charge in [0.25, 0.3) is 0 Å². The average Bonchev–Trinajstić information content (AvgIpc) is 3.15. The molecule has 3 N–H and O–H groups in total. The molecule has 164 valence electrons. The first-order valence-corrected chi connectivity index (χ1v) is 11.2. The van der Waals surface area contributed by atoms with Crippen molar-refractivity contribution in [2.24, 2.45) is 16.1 Å². The molecule has 1 aromatic carbocycles. The first-order valence-electron chi connectivity index (χ1n) is 10.4. The lowest BCUT2D eigenvalue weighted by Gasteiger charge is -2.44. The van der Waals surface area contributed by atoms with Gasteiger partial charge in [-0.15, -0.1) is 0 Å². The van der Waals surface area contributed by atoms with E-state index in [1.165, 1.54) is 19.3 Å². The van der Waals surface area contributed by atoms with Gasteiger partial charge in [-0.1, -0.05) is 35.7 Å². The molecule has 2 aliphatic rings. The van der Waals surface area contributed by atoms with Crippen LogP contribution in [0.3, 0.4) is 0 Å². The number of carbonyl (C=O) groups is 1. The number of aldehydes is 1. The normalized spacial score (nSPS) is 22.2. The van der Waals surface area contributed by atoms with Crippen molar-refractivity contribution in [2.45, 2.75) is 45.1 Å². The molecule has 1 saturated heterocycles. The first-order chi connectivity index (χ1) is 14.3. The molecule has 1 aliphatic heterocycles. The number of nitrogens with two attached hydrogens (primary N) is 1. The lowest BCUT2D eigenvalue weighted by atomic mass is 9.74. The fourth-order valence-electron chi connectivity index (χ4n) is 4.87. The Morgan fingerprint density at radius 2 is 2.03 bits per heavy atom. The van der Waals surface area contributed by atoms with Crippen molar-refractivity contribution in [1.82, 2.24) is 10.2 Å². The molecule has 2 fully saturated rings. The van der Waals surface area contributed by atoms with E-state index in [2.05, 4.69) is 22.3 Å². The van der Waals surface area contributed by atoms with Crippen molar-refractivity contribution >= 4 is 41.1 Å². The standard InChI is InChI=1S/C22H31Cl2N5O/c1-15(14-30)20(27-21(25)28(3)17-7-4-6-16(23)19(17)24)29-12-10-22(11-13-29)9-5-8-18(22)26-2/h4,6-7,14,18,26H,5,8-13H2,1-3H3,(H2,25,27)/b20-15+. The average molecular weight is 452 g/mol. The van der Waals surface area contributed by atoms with Crippen LogP contribution >= 0.6 is 23.2 Å². The maximum absolute atomic E-state index is 11.6. The quantitative estimate of drug-likeness (QED) is 0.306. The van der Waals surface area contributed by atoms with Crippen LogP contribution in [0.25, 0.3) is 0 Å². The molecule has 0 bridgehead atoms. The summed E-state index contributed by atoms with van der Waals surface area (Å²) < 4.78 is 0. The number of aliphatic imine (C=N–C) groups is 1. The monoisotopic (exact) mass is 451 g/mol. The Labute approximate surface area is 189 Å². The highest BCUT2D eigenvalue weighted by Crippen LogP contribution is 2.47. The van der Waals surface area contributed by atoms with Crippen molar-refractivity contribution in [3.8, 4) is 0 Å². The van der Waals surface area contributed by atoms with Crippen LogP contribution in [0.5, 0.6) is 0 Å². The number of nitrogens with one attached hydrogen (secondary N) is 1. The zero-order valence-corrected chi connectivity index (χ0v) is 19.4. The van der Waals surface area contributed by atoms with Crippen LogP contribution in [0, 0.1) is 5.41 Å². The smallest absolute Gasteiger partial charge is 0.202 e. The number of nitrogens with zero attached hydrogens (tertiary/aromatic N) is 3. The maximum Gasteiger partial charge on any atom is 0.202 e. The van der Waals surface area contributed by atoms with Crippen molar-refractivity contribution in [1.29, 1.82) is 0 Å². The van der Waals surface area contributed by atoms with Crippen LogP contribution in [-0.4, -0.2) is 50.4 Å². The van der Waals surface area contributed by atoms with Crippen LogP contribution in [0.4, 0.5) is 5.69 Å². The van der Waals surface area contributed by atoms with Gasteiger partial charge in [-0.25, -0.2) is 0 Å². The summed E-state index contributed by atoms with van der Waals surface area (Å²) in [5.74, 6) is 0.881. The second-order valence-electron chi connectivity index (χ2n) is 8.31. The van der Waals surface area contributed by atoms with Crippen LogP contribution in [0.15, 0.2) is 34.6 Å². The summed E-state index contributed by atoms with van der Waals surface area (Å²) >= 11 is 12.5. The van der Waals surface area contributed by atoms with Crippen molar-refractivity contribution in [3.05, 3.63) is 39.6 Å². The Bertz CT molecular complexity index is 846. The van der Waals surface area contributed by atoms with Gasteiger partial charge in [0.15, 0.2) is 0 Å². The molecule has 1 saturated carbocycles. The van der Waals surface area contributed by atoms with Crippen molar-refractivity contribution in [2.75, 3.05) is 32.1 Å². The maximum atomic E-state index is 11.6. The number of halogens is 2. The minimum atomic E-state index is 0.254. The van der Waals surface area contributed by atoms with Crippen molar-refractivity contribution < 1.29 is 4.79 Å². The van der Waals surface area contributed by atoms with Gasteiger partial charge in [0.05, 0.1) is 15.7 Å². The third kappa shape index (κ3) is 4.46. The SMILES string of the molecule is CNC1CCCC12CCN(/C(N=C(N)N(C)c1cccc(Cl)c1Cl)=C(\C)C=O)CC2. The number of rotatable bonds is 5. The third-order valence-electron chi connectivity index (χ3n) is 6.70. The second kappa shape index (κ2) is 9.58. The second-order valence-corrected chi connectivity index (χ2v) is 9.09. The molecule has 1 spiro atoms. The molecular formula is C22H31Cl2N5O. The minimum Gasteiger partial charge on any atom is -0.369 e. The Balaban J connectivity index is 1.82. The molecular weight excluding hydrogens is 421 g/mol. The topological polar surface area (TPSA) is 74.0 Å². The number of hydrogen-bond donors (Lipinski definition) is 2. The molecule has 1 aliphatic carbocycles. The highest BCUT2D eigenvalue weighted by Gasteiger charge is 2.44. The zero-order chi connectivity index (χ0) is 21.9. The molecule has 1 aromatic rings. The summed E-state index contributed by atoms with van der Waals surface area (Å²) in [5.41, 5.74) is 7.89. The van der Waals surface area contributed by atoms with E-state index in [-0.39, 0.29) is 5.96 Å². The van der Waals surface area contributed by atoms with E-state index in [1.54, 1.807) is 24.9 Å². The van der Waals surface area contributed by atoms with Gasteiger partial charge in [-0.05, 0) is 57.2 Å². The summed E-state index contributed by atoms with van der Waals surface area (Å²) in [7, 11) is 3.85. The Kier molecular flexibility index (Phi) is 7.32. The Hall–Kier alpha value is -1.76. The van der Waals surface area contributed by atoms with E-state index in [9.17, 15) is 4.79 Å². The summed E-state index contributed by atoms with van der Waals surface area (Å²) in [4.78, 5) is 20.1. The number of anilines is 1. The van der Waals surface area contributed by atoms with Gasteiger partial charge in [0, 0.05) is 31.8 Å². The van der Waals surface area contributed by atoms with E-state index in [4.69, 9.17) is 28.9 Å². The molecule has 30 heavy (non-hydrogen) atoms. The fraction of sp³-hybridized carbons (Fsp3) is 0.545. The van der Waals surface area contributed by atoms with E-state index in [0.29, 0.717) is 38.6 Å². The Morgan fingerprint density at radius 1 is 1.33 bits per heavy atom. The predicted molar refractivity (Wildman–Crippen MR) is 125 cm³/mol. The van der Waals surface area contributed by atoms with E-state index in [1.807, 2.05) is 12.1 Å². The summed E-state index contributed by atoms with van der Waals surface area (Å²) in [5, 5.41) is 4.38. The number of piperidine rings is 1. The van der Waals surface area contributed by atoms with Gasteiger partial charge < -0.3 is 20.9 Å². The number of allylic oxidation sites excluding steroid dienone is 1. The molecule has 3 rings (SSSR count). The molecule has 1 atom stereocenters. The number of guanidine groups is 1. The summed E-state index contributed by atoms with van der Waals surface area (Å²) in [6, 6.07) is 5.94. The lowest BCUT2D eigenvalue weighted by Crippen LogP contribution is -2.48. The number of carbonyl (C=O) groups excluding carboxylic acids is 1. The largest absolute Gasteiger partial charge is 0.369 e. The summed E-state index contributed by atoms with van der Waals surface area (Å²) in [6.07, 6.45) is 6.79. The number of likely N-dealkylation sites (tertiary alicyclic amines) is 1. The first kappa shape index (κ1) is 22.9. The molecule has 0 amide bonds. The van der Waals surface area contributed by atoms with Gasteiger partial charge in [-0.3, -0.25) is 4.79 Å². The van der Waals surface area contributed by atoms with Crippen LogP contribution in [0.1, 0.15) is 39.0 Å². The van der Waals surface area contributed by atoms with Gasteiger partial charge >= 0.3 is 0 Å². The highest BCUT2D eigenvalue weighted by atomic mass is 35.5. The zero-order valence-electron chi connectivity index (χ0n) is 17.9. The molecule has 1 unspecified atom stereocenters. The molecule has 8 heteroatoms. The van der Waals surface area contributed by atoms with E-state index in [0.717, 1.165) is 32.2 Å². The molecule has 0 radical (unpaired) electrons. The van der Waals surface area contributed by atoms with Crippen molar-refractivity contribution in [3.63, 3.8) is 0 Å². The van der Waals surface area contributed by atoms with Gasteiger partial charge in [0.1, 0.15) is 12.1 Å². The number of hydrogen-bond acceptors (Lipinski definition) is 4. The molecule has 0 aromatic heterocycles. The highest BCUT2D eigenvalue weighted by molar-refractivity contribution is 6.44. The third-order valence-corrected chi connectivity index (χ3v) is 7.51. The number of benzene rings is 1. The van der Waals surface area contributed by atoms with E-state index < -0.39 is 0 Å². The van der Waals surface area contributed by atoms with E-state index >= 15 is 0 Å². The summed E-state index contributed by atoms with van der Waals surface area (Å²) in [6.45, 7) is 3.50. The fourth-order valence-corrected chi connectivity index (χ4v) is 5.29. The van der Waals surface area contributed by atoms with Crippen LogP contribution < -0.4 is 16.0 Å². The lowest BCUT2D eigenvalue weighted by molar-refractivity contribution is -0.105. The predicted octanol–water partition coefficient (Wildman–Crippen LogP) is 4.03. The molecule has 1 heterocycles. The van der Waals surface area contributed by atoms with Gasteiger partial charge in [0.2, 0.25) is 5.96 Å². The van der Waals surface area contributed by atoms with Crippen LogP contribution in [-0.2, 0) is 4.79 Å². The Morgan fingerprint density at radius 3 is 2.67 bits per heavy atom. The molecule has 6 nitrogen and oxygen atoms in total. The van der Waals surface area contributed by atoms with Crippen LogP contribution in [0.2, 0.25) is 10.0 Å². The van der Waals surface area contributed by atoms with Gasteiger partial charge in [-0.2, -0.15) is 4.99 Å². The minimum absolute atomic E-state index is 0.254.